The monoisotopic (exact) mass is 333 g/mol. The van der Waals surface area contributed by atoms with Crippen molar-refractivity contribution in [3.63, 3.8) is 0 Å². The van der Waals surface area contributed by atoms with Gasteiger partial charge in [-0.2, -0.15) is 0 Å². The zero-order chi connectivity index (χ0) is 18.2. The van der Waals surface area contributed by atoms with Crippen molar-refractivity contribution >= 4 is 11.9 Å². The Bertz CT molecular complexity index is 519. The number of hydrogen-bond acceptors (Lipinski definition) is 3. The van der Waals surface area contributed by atoms with Gasteiger partial charge in [0.25, 0.3) is 0 Å². The van der Waals surface area contributed by atoms with Crippen molar-refractivity contribution in [2.24, 2.45) is 5.92 Å². The Hall–Kier alpha value is -1.84. The highest BCUT2D eigenvalue weighted by atomic mass is 16.6. The number of carbonyl (C=O) groups is 2. The van der Waals surface area contributed by atoms with E-state index in [1.54, 1.807) is 4.90 Å². The third kappa shape index (κ3) is 8.14. The average Bonchev–Trinajstić information content (AvgIpc) is 2.50. The molecule has 1 aromatic carbocycles. The summed E-state index contributed by atoms with van der Waals surface area (Å²) in [7, 11) is 0. The Morgan fingerprint density at radius 2 is 1.79 bits per heavy atom. The maximum absolute atomic E-state index is 12.4. The maximum Gasteiger partial charge on any atom is 0.410 e. The first-order chi connectivity index (χ1) is 11.2. The van der Waals surface area contributed by atoms with Crippen molar-refractivity contribution in [1.29, 1.82) is 0 Å². The number of carbonyl (C=O) groups excluding carboxylic acids is 2. The van der Waals surface area contributed by atoms with Crippen LogP contribution in [0.25, 0.3) is 0 Å². The average molecular weight is 333 g/mol. The van der Waals surface area contributed by atoms with Gasteiger partial charge in [0.2, 0.25) is 0 Å². The smallest absolute Gasteiger partial charge is 0.410 e. The number of amides is 1. The largest absolute Gasteiger partial charge is 0.444 e. The van der Waals surface area contributed by atoms with Gasteiger partial charge in [-0.15, -0.1) is 0 Å². The molecule has 0 spiro atoms. The predicted octanol–water partition coefficient (Wildman–Crippen LogP) is 4.82. The van der Waals surface area contributed by atoms with Crippen molar-refractivity contribution in [3.05, 3.63) is 35.9 Å². The normalized spacial score (nSPS) is 12.5. The molecule has 0 saturated heterocycles. The molecule has 24 heavy (non-hydrogen) atoms. The van der Waals surface area contributed by atoms with Gasteiger partial charge in [-0.1, -0.05) is 50.6 Å². The summed E-state index contributed by atoms with van der Waals surface area (Å²) < 4.78 is 5.48. The minimum absolute atomic E-state index is 0.200. The number of rotatable bonds is 8. The van der Waals surface area contributed by atoms with Crippen LogP contribution in [0.4, 0.5) is 4.79 Å². The summed E-state index contributed by atoms with van der Waals surface area (Å²) in [5.74, 6) is 0.590. The topological polar surface area (TPSA) is 46.6 Å². The molecule has 0 aliphatic rings. The van der Waals surface area contributed by atoms with Crippen molar-refractivity contribution in [1.82, 2.24) is 4.90 Å². The first-order valence-electron chi connectivity index (χ1n) is 8.74. The van der Waals surface area contributed by atoms with Crippen LogP contribution in [0.2, 0.25) is 0 Å². The molecule has 0 aliphatic heterocycles. The maximum atomic E-state index is 12.4. The predicted molar refractivity (Wildman–Crippen MR) is 96.8 cm³/mol. The lowest BCUT2D eigenvalue weighted by atomic mass is 10.0. The number of Topliss-reactive ketones (excluding diaryl/α,β-unsaturated/α-hetero) is 1. The molecular weight excluding hydrogens is 302 g/mol. The molecule has 0 bridgehead atoms. The Morgan fingerprint density at radius 3 is 2.33 bits per heavy atom. The molecule has 0 aromatic heterocycles. The van der Waals surface area contributed by atoms with Crippen LogP contribution in [0.1, 0.15) is 59.4 Å². The van der Waals surface area contributed by atoms with E-state index in [1.165, 1.54) is 0 Å². The van der Waals surface area contributed by atoms with Crippen LogP contribution in [0, 0.1) is 5.92 Å². The van der Waals surface area contributed by atoms with E-state index in [4.69, 9.17) is 4.74 Å². The van der Waals surface area contributed by atoms with Gasteiger partial charge in [0.15, 0.2) is 0 Å². The van der Waals surface area contributed by atoms with Gasteiger partial charge in [-0.25, -0.2) is 4.79 Å². The molecule has 0 saturated carbocycles. The van der Waals surface area contributed by atoms with Crippen molar-refractivity contribution < 1.29 is 14.3 Å². The molecular formula is C20H31NO3. The molecule has 0 radical (unpaired) electrons. The van der Waals surface area contributed by atoms with Gasteiger partial charge in [0, 0.05) is 25.9 Å². The van der Waals surface area contributed by atoms with E-state index in [0.717, 1.165) is 12.0 Å². The fourth-order valence-electron chi connectivity index (χ4n) is 2.26. The fourth-order valence-corrected chi connectivity index (χ4v) is 2.26. The van der Waals surface area contributed by atoms with Crippen LogP contribution < -0.4 is 0 Å². The molecule has 1 amide bonds. The summed E-state index contributed by atoms with van der Waals surface area (Å²) in [5, 5.41) is 0. The summed E-state index contributed by atoms with van der Waals surface area (Å²) >= 11 is 0. The van der Waals surface area contributed by atoms with Crippen molar-refractivity contribution in [2.45, 2.75) is 66.0 Å². The van der Waals surface area contributed by atoms with Crippen molar-refractivity contribution in [3.8, 4) is 0 Å². The summed E-state index contributed by atoms with van der Waals surface area (Å²) in [5.41, 5.74) is 0.477. The highest BCUT2D eigenvalue weighted by molar-refractivity contribution is 5.79. The molecule has 0 fully saturated rings. The van der Waals surface area contributed by atoms with Gasteiger partial charge in [0.05, 0.1) is 0 Å². The molecule has 1 aromatic rings. The van der Waals surface area contributed by atoms with Gasteiger partial charge in [-0.05, 0) is 32.3 Å². The molecule has 1 rings (SSSR count). The lowest BCUT2D eigenvalue weighted by molar-refractivity contribution is -0.120. The van der Waals surface area contributed by atoms with E-state index < -0.39 is 5.60 Å². The second kappa shape index (κ2) is 9.45. The molecule has 1 atom stereocenters. The van der Waals surface area contributed by atoms with Crippen LogP contribution in [0.3, 0.4) is 0 Å². The van der Waals surface area contributed by atoms with Gasteiger partial charge in [-0.3, -0.25) is 4.79 Å². The lowest BCUT2D eigenvalue weighted by Gasteiger charge is -2.27. The van der Waals surface area contributed by atoms with Crippen molar-refractivity contribution in [2.75, 3.05) is 6.54 Å². The van der Waals surface area contributed by atoms with Gasteiger partial charge in [0.1, 0.15) is 11.4 Å². The molecule has 1 unspecified atom stereocenters. The second-order valence-corrected chi connectivity index (χ2v) is 7.39. The summed E-state index contributed by atoms with van der Waals surface area (Å²) in [6.07, 6.45) is 1.56. The van der Waals surface area contributed by atoms with Crippen LogP contribution in [-0.4, -0.2) is 28.9 Å². The van der Waals surface area contributed by atoms with Gasteiger partial charge < -0.3 is 9.64 Å². The third-order valence-electron chi connectivity index (χ3n) is 3.80. The fraction of sp³-hybridized carbons (Fsp3) is 0.600. The van der Waals surface area contributed by atoms with E-state index in [0.29, 0.717) is 31.8 Å². The number of ether oxygens (including phenoxy) is 1. The van der Waals surface area contributed by atoms with Gasteiger partial charge >= 0.3 is 6.09 Å². The standard InChI is InChI=1S/C20H31NO3/c1-6-16(2)14-18(22)12-13-21(19(23)24-20(3,4)5)15-17-10-8-7-9-11-17/h7-11,16H,6,12-15H2,1-5H3. The lowest BCUT2D eigenvalue weighted by Crippen LogP contribution is -2.37. The Morgan fingerprint density at radius 1 is 1.17 bits per heavy atom. The molecule has 134 valence electrons. The highest BCUT2D eigenvalue weighted by Crippen LogP contribution is 2.14. The highest BCUT2D eigenvalue weighted by Gasteiger charge is 2.23. The van der Waals surface area contributed by atoms with E-state index in [-0.39, 0.29) is 11.9 Å². The van der Waals surface area contributed by atoms with Crippen LogP contribution >= 0.6 is 0 Å². The SMILES string of the molecule is CCC(C)CC(=O)CCN(Cc1ccccc1)C(=O)OC(C)(C)C. The first-order valence-corrected chi connectivity index (χ1v) is 8.74. The minimum atomic E-state index is -0.549. The van der Waals surface area contributed by atoms with Crippen LogP contribution in [-0.2, 0) is 16.1 Å². The summed E-state index contributed by atoms with van der Waals surface area (Å²) in [6.45, 7) is 10.5. The first kappa shape index (κ1) is 20.2. The number of hydrogen-bond donors (Lipinski definition) is 0. The second-order valence-electron chi connectivity index (χ2n) is 7.39. The summed E-state index contributed by atoms with van der Waals surface area (Å²) in [6, 6.07) is 9.76. The zero-order valence-corrected chi connectivity index (χ0v) is 15.7. The Labute approximate surface area is 146 Å². The number of nitrogens with zero attached hydrogens (tertiary/aromatic N) is 1. The molecule has 4 heteroatoms. The molecule has 0 N–H and O–H groups in total. The van der Waals surface area contributed by atoms with E-state index >= 15 is 0 Å². The Balaban J connectivity index is 2.70. The molecule has 0 heterocycles. The quantitative estimate of drug-likeness (QED) is 0.685. The van der Waals surface area contributed by atoms with Crippen LogP contribution in [0.5, 0.6) is 0 Å². The van der Waals surface area contributed by atoms with E-state index in [1.807, 2.05) is 51.1 Å². The number of benzene rings is 1. The van der Waals surface area contributed by atoms with E-state index in [9.17, 15) is 9.59 Å². The summed E-state index contributed by atoms with van der Waals surface area (Å²) in [4.78, 5) is 26.2. The molecule has 0 aliphatic carbocycles. The number of ketones is 1. The minimum Gasteiger partial charge on any atom is -0.444 e. The third-order valence-corrected chi connectivity index (χ3v) is 3.80. The van der Waals surface area contributed by atoms with Crippen LogP contribution in [0.15, 0.2) is 30.3 Å². The van der Waals surface area contributed by atoms with E-state index in [2.05, 4.69) is 13.8 Å². The molecule has 4 nitrogen and oxygen atoms in total. The Kier molecular flexibility index (Phi) is 7.96. The zero-order valence-electron chi connectivity index (χ0n) is 15.7.